The fourth-order valence-electron chi connectivity index (χ4n) is 3.43. The van der Waals surface area contributed by atoms with Crippen molar-refractivity contribution in [1.82, 2.24) is 19.8 Å². The van der Waals surface area contributed by atoms with Crippen molar-refractivity contribution in [3.63, 3.8) is 0 Å². The first-order valence-corrected chi connectivity index (χ1v) is 9.64. The summed E-state index contributed by atoms with van der Waals surface area (Å²) in [6.45, 7) is 5.00. The normalized spacial score (nSPS) is 19.4. The highest BCUT2D eigenvalue weighted by molar-refractivity contribution is 7.80. The van der Waals surface area contributed by atoms with Gasteiger partial charge in [0.15, 0.2) is 5.11 Å². The number of carbonyl (C=O) groups is 1. The monoisotopic (exact) mass is 386 g/mol. The summed E-state index contributed by atoms with van der Waals surface area (Å²) in [5.74, 6) is -0.197. The van der Waals surface area contributed by atoms with Gasteiger partial charge in [-0.3, -0.25) is 9.78 Å². The third-order valence-corrected chi connectivity index (χ3v) is 5.23. The molecule has 27 heavy (non-hydrogen) atoms. The molecule has 0 bridgehead atoms. The number of aromatic nitrogens is 2. The van der Waals surface area contributed by atoms with Crippen LogP contribution in [0.4, 0.5) is 0 Å². The molecule has 3 heterocycles. The first-order valence-electron chi connectivity index (χ1n) is 9.23. The zero-order valence-corrected chi connectivity index (χ0v) is 16.8. The summed E-state index contributed by atoms with van der Waals surface area (Å²) in [5, 5.41) is 4.12. The Balaban J connectivity index is 1.88. The number of ether oxygens (including phenoxy) is 1. The van der Waals surface area contributed by atoms with Crippen LogP contribution in [0.1, 0.15) is 56.1 Å². The quantitative estimate of drug-likeness (QED) is 0.581. The maximum absolute atomic E-state index is 11.5. The fourth-order valence-corrected chi connectivity index (χ4v) is 3.76. The second-order valence-electron chi connectivity index (χ2n) is 6.99. The second-order valence-corrected chi connectivity index (χ2v) is 7.37. The Bertz CT molecular complexity index is 790. The molecule has 0 spiro atoms. The van der Waals surface area contributed by atoms with Gasteiger partial charge in [-0.25, -0.2) is 0 Å². The average molecular weight is 387 g/mol. The Hall–Kier alpha value is -2.41. The van der Waals surface area contributed by atoms with Crippen molar-refractivity contribution in [2.24, 2.45) is 0 Å². The SMILES string of the molecule is COC(=O)CCCN1C(=S)NC(c2ccccn2)C1c1ccn(C(C)C)c1. The lowest BCUT2D eigenvalue weighted by Gasteiger charge is -2.27. The van der Waals surface area contributed by atoms with E-state index in [1.54, 1.807) is 6.20 Å². The summed E-state index contributed by atoms with van der Waals surface area (Å²) in [6.07, 6.45) is 7.14. The van der Waals surface area contributed by atoms with Crippen LogP contribution in [-0.2, 0) is 9.53 Å². The molecular weight excluding hydrogens is 360 g/mol. The average Bonchev–Trinajstić information content (AvgIpc) is 3.27. The molecule has 0 saturated carbocycles. The molecule has 2 aromatic rings. The molecule has 0 amide bonds. The molecule has 1 aliphatic rings. The van der Waals surface area contributed by atoms with Gasteiger partial charge in [0.2, 0.25) is 0 Å². The van der Waals surface area contributed by atoms with Crippen molar-refractivity contribution in [2.45, 2.75) is 44.8 Å². The van der Waals surface area contributed by atoms with E-state index in [0.717, 1.165) is 5.69 Å². The maximum atomic E-state index is 11.5. The minimum absolute atomic E-state index is 0.0279. The van der Waals surface area contributed by atoms with Crippen LogP contribution in [0.2, 0.25) is 0 Å². The van der Waals surface area contributed by atoms with Crippen LogP contribution in [0.25, 0.3) is 0 Å². The van der Waals surface area contributed by atoms with Gasteiger partial charge in [0.05, 0.1) is 24.9 Å². The highest BCUT2D eigenvalue weighted by Crippen LogP contribution is 2.39. The van der Waals surface area contributed by atoms with E-state index >= 15 is 0 Å². The van der Waals surface area contributed by atoms with Gasteiger partial charge in [0.1, 0.15) is 0 Å². The van der Waals surface area contributed by atoms with E-state index in [2.05, 4.69) is 52.1 Å². The Labute approximate surface area is 165 Å². The zero-order valence-electron chi connectivity index (χ0n) is 16.0. The number of nitrogens with zero attached hydrogens (tertiary/aromatic N) is 3. The van der Waals surface area contributed by atoms with Crippen molar-refractivity contribution in [3.05, 3.63) is 54.1 Å². The lowest BCUT2D eigenvalue weighted by Crippen LogP contribution is -2.30. The Morgan fingerprint density at radius 1 is 1.37 bits per heavy atom. The topological polar surface area (TPSA) is 59.4 Å². The third kappa shape index (κ3) is 4.30. The number of hydrogen-bond acceptors (Lipinski definition) is 4. The smallest absolute Gasteiger partial charge is 0.305 e. The number of carbonyl (C=O) groups excluding carboxylic acids is 1. The lowest BCUT2D eigenvalue weighted by atomic mass is 9.99. The predicted molar refractivity (Wildman–Crippen MR) is 108 cm³/mol. The first-order chi connectivity index (χ1) is 13.0. The highest BCUT2D eigenvalue weighted by atomic mass is 32.1. The molecule has 2 aromatic heterocycles. The van der Waals surface area contributed by atoms with Gasteiger partial charge in [-0.1, -0.05) is 6.07 Å². The number of rotatable bonds is 7. The molecule has 2 unspecified atom stereocenters. The van der Waals surface area contributed by atoms with E-state index in [1.165, 1.54) is 12.7 Å². The number of nitrogens with one attached hydrogen (secondary N) is 1. The summed E-state index contributed by atoms with van der Waals surface area (Å²) in [7, 11) is 1.42. The molecule has 3 rings (SSSR count). The first kappa shape index (κ1) is 19.4. The standard InChI is InChI=1S/C20H26N4O2S/c1-14(2)23-12-9-15(13-23)19-18(16-7-4-5-10-21-16)22-20(27)24(19)11-6-8-17(25)26-3/h4-5,7,9-10,12-14,18-19H,6,8,11H2,1-3H3,(H,22,27). The molecule has 0 aliphatic carbocycles. The number of esters is 1. The summed E-state index contributed by atoms with van der Waals surface area (Å²) in [6, 6.07) is 8.46. The molecule has 1 aliphatic heterocycles. The van der Waals surface area contributed by atoms with Crippen molar-refractivity contribution >= 4 is 23.3 Å². The Morgan fingerprint density at radius 2 is 2.19 bits per heavy atom. The molecule has 144 valence electrons. The van der Waals surface area contributed by atoms with Crippen molar-refractivity contribution in [3.8, 4) is 0 Å². The van der Waals surface area contributed by atoms with Gasteiger partial charge >= 0.3 is 5.97 Å². The molecule has 7 heteroatoms. The molecule has 1 saturated heterocycles. The second kappa shape index (κ2) is 8.52. The van der Waals surface area contributed by atoms with E-state index in [0.29, 0.717) is 30.5 Å². The molecule has 2 atom stereocenters. The van der Waals surface area contributed by atoms with Crippen LogP contribution in [0, 0.1) is 0 Å². The summed E-state index contributed by atoms with van der Waals surface area (Å²) >= 11 is 5.62. The zero-order chi connectivity index (χ0) is 19.4. The minimum Gasteiger partial charge on any atom is -0.469 e. The van der Waals surface area contributed by atoms with Crippen LogP contribution in [0.3, 0.4) is 0 Å². The lowest BCUT2D eigenvalue weighted by molar-refractivity contribution is -0.140. The predicted octanol–water partition coefficient (Wildman–Crippen LogP) is 3.39. The van der Waals surface area contributed by atoms with Crippen LogP contribution >= 0.6 is 12.2 Å². The van der Waals surface area contributed by atoms with E-state index in [1.807, 2.05) is 18.2 Å². The fraction of sp³-hybridized carbons (Fsp3) is 0.450. The number of pyridine rings is 1. The van der Waals surface area contributed by atoms with E-state index in [9.17, 15) is 4.79 Å². The molecule has 0 aromatic carbocycles. The van der Waals surface area contributed by atoms with Crippen LogP contribution in [-0.4, -0.2) is 39.2 Å². The van der Waals surface area contributed by atoms with Gasteiger partial charge in [0, 0.05) is 37.6 Å². The van der Waals surface area contributed by atoms with Crippen LogP contribution < -0.4 is 5.32 Å². The number of methoxy groups -OCH3 is 1. The molecule has 6 nitrogen and oxygen atoms in total. The molecular formula is C20H26N4O2S. The van der Waals surface area contributed by atoms with Gasteiger partial charge in [-0.05, 0) is 56.2 Å². The molecule has 1 fully saturated rings. The molecule has 1 N–H and O–H groups in total. The van der Waals surface area contributed by atoms with E-state index in [-0.39, 0.29) is 18.1 Å². The number of hydrogen-bond donors (Lipinski definition) is 1. The van der Waals surface area contributed by atoms with Crippen molar-refractivity contribution in [2.75, 3.05) is 13.7 Å². The van der Waals surface area contributed by atoms with E-state index < -0.39 is 0 Å². The van der Waals surface area contributed by atoms with Crippen LogP contribution in [0.15, 0.2) is 42.9 Å². The minimum atomic E-state index is -0.197. The summed E-state index contributed by atoms with van der Waals surface area (Å²) in [5.41, 5.74) is 2.14. The Kier molecular flexibility index (Phi) is 6.11. The van der Waals surface area contributed by atoms with Crippen LogP contribution in [0.5, 0.6) is 0 Å². The Morgan fingerprint density at radius 3 is 2.81 bits per heavy atom. The molecule has 0 radical (unpaired) electrons. The maximum Gasteiger partial charge on any atom is 0.305 e. The van der Waals surface area contributed by atoms with Gasteiger partial charge in [-0.15, -0.1) is 0 Å². The number of thiocarbonyl (C=S) groups is 1. The highest BCUT2D eigenvalue weighted by Gasteiger charge is 2.39. The summed E-state index contributed by atoms with van der Waals surface area (Å²) < 4.78 is 6.95. The van der Waals surface area contributed by atoms with E-state index in [4.69, 9.17) is 17.0 Å². The van der Waals surface area contributed by atoms with Gasteiger partial charge in [-0.2, -0.15) is 0 Å². The van der Waals surface area contributed by atoms with Crippen molar-refractivity contribution < 1.29 is 9.53 Å². The van der Waals surface area contributed by atoms with Gasteiger partial charge < -0.3 is 19.5 Å². The van der Waals surface area contributed by atoms with Gasteiger partial charge in [0.25, 0.3) is 0 Å². The largest absolute Gasteiger partial charge is 0.469 e. The van der Waals surface area contributed by atoms with Crippen molar-refractivity contribution in [1.29, 1.82) is 0 Å². The third-order valence-electron chi connectivity index (χ3n) is 4.88. The summed E-state index contributed by atoms with van der Waals surface area (Å²) in [4.78, 5) is 18.2.